The quantitative estimate of drug-likeness (QED) is 0.679. The van der Waals surface area contributed by atoms with Gasteiger partial charge in [0.1, 0.15) is 9.84 Å². The molecule has 0 aliphatic carbocycles. The van der Waals surface area contributed by atoms with Crippen LogP contribution in [-0.4, -0.2) is 45.7 Å². The fourth-order valence-corrected chi connectivity index (χ4v) is 2.08. The molecule has 0 aromatic carbocycles. The molecule has 92 valence electrons. The maximum absolute atomic E-state index is 10.9. The van der Waals surface area contributed by atoms with Gasteiger partial charge in [0.05, 0.1) is 12.4 Å². The largest absolute Gasteiger partial charge is 0.380 e. The van der Waals surface area contributed by atoms with Crippen molar-refractivity contribution < 1.29 is 13.2 Å². The van der Waals surface area contributed by atoms with E-state index in [4.69, 9.17) is 4.74 Å². The molecule has 5 heteroatoms. The van der Waals surface area contributed by atoms with Gasteiger partial charge in [0.15, 0.2) is 0 Å². The molecule has 2 atom stereocenters. The Morgan fingerprint density at radius 3 is 2.33 bits per heavy atom. The first-order valence-corrected chi connectivity index (χ1v) is 7.42. The van der Waals surface area contributed by atoms with Gasteiger partial charge in [-0.25, -0.2) is 8.42 Å². The number of hydrogen-bond donors (Lipinski definition) is 1. The summed E-state index contributed by atoms with van der Waals surface area (Å²) in [6, 6.07) is 0.467. The van der Waals surface area contributed by atoms with Crippen molar-refractivity contribution in [3.05, 3.63) is 0 Å². The highest BCUT2D eigenvalue weighted by Gasteiger charge is 2.10. The predicted octanol–water partition coefficient (Wildman–Crippen LogP) is 0.824. The minimum absolute atomic E-state index is 0.204. The molecule has 0 bridgehead atoms. The van der Waals surface area contributed by atoms with Crippen molar-refractivity contribution in [3.8, 4) is 0 Å². The molecule has 15 heavy (non-hydrogen) atoms. The van der Waals surface area contributed by atoms with Crippen LogP contribution in [-0.2, 0) is 14.6 Å². The lowest BCUT2D eigenvalue weighted by atomic mass is 10.2. The molecule has 2 unspecified atom stereocenters. The number of nitrogens with one attached hydrogen (secondary N) is 1. The molecule has 0 aromatic heterocycles. The molecule has 0 saturated carbocycles. The Morgan fingerprint density at radius 2 is 1.87 bits per heavy atom. The van der Waals surface area contributed by atoms with Crippen molar-refractivity contribution in [3.63, 3.8) is 0 Å². The van der Waals surface area contributed by atoms with Gasteiger partial charge >= 0.3 is 0 Å². The molecule has 0 radical (unpaired) electrons. The minimum atomic E-state index is -2.84. The van der Waals surface area contributed by atoms with Crippen molar-refractivity contribution in [1.82, 2.24) is 5.32 Å². The van der Waals surface area contributed by atoms with Gasteiger partial charge in [0.2, 0.25) is 0 Å². The van der Waals surface area contributed by atoms with Gasteiger partial charge in [-0.3, -0.25) is 0 Å². The van der Waals surface area contributed by atoms with Crippen LogP contribution in [0.15, 0.2) is 0 Å². The lowest BCUT2D eigenvalue weighted by Crippen LogP contribution is -2.38. The maximum Gasteiger partial charge on any atom is 0.147 e. The molecule has 4 nitrogen and oxygen atoms in total. The van der Waals surface area contributed by atoms with E-state index in [-0.39, 0.29) is 17.8 Å². The lowest BCUT2D eigenvalue weighted by Gasteiger charge is -2.19. The monoisotopic (exact) mass is 237 g/mol. The van der Waals surface area contributed by atoms with Crippen LogP contribution < -0.4 is 5.32 Å². The fraction of sp³-hybridized carbons (Fsp3) is 1.00. The van der Waals surface area contributed by atoms with Gasteiger partial charge in [-0.05, 0) is 27.2 Å². The minimum Gasteiger partial charge on any atom is -0.380 e. The molecule has 0 rings (SSSR count). The zero-order chi connectivity index (χ0) is 11.9. The van der Waals surface area contributed by atoms with E-state index in [0.717, 1.165) is 0 Å². The molecule has 0 saturated heterocycles. The molecule has 0 aromatic rings. The van der Waals surface area contributed by atoms with Crippen molar-refractivity contribution in [2.45, 2.75) is 39.3 Å². The van der Waals surface area contributed by atoms with E-state index >= 15 is 0 Å². The third-order valence-corrected chi connectivity index (χ3v) is 3.04. The van der Waals surface area contributed by atoms with Gasteiger partial charge in [0, 0.05) is 24.9 Å². The first kappa shape index (κ1) is 14.9. The zero-order valence-corrected chi connectivity index (χ0v) is 10.9. The highest BCUT2D eigenvalue weighted by Crippen LogP contribution is 1.97. The van der Waals surface area contributed by atoms with Crippen LogP contribution in [0.1, 0.15) is 27.2 Å². The molecular formula is C10H23NO3S. The third kappa shape index (κ3) is 10.2. The average Bonchev–Trinajstić information content (AvgIpc) is 2.10. The molecule has 0 spiro atoms. The Morgan fingerprint density at radius 1 is 1.27 bits per heavy atom. The molecular weight excluding hydrogens is 214 g/mol. The van der Waals surface area contributed by atoms with Gasteiger partial charge < -0.3 is 10.1 Å². The second-order valence-corrected chi connectivity index (χ2v) is 6.31. The fourth-order valence-electron chi connectivity index (χ4n) is 1.30. The number of ether oxygens (including phenoxy) is 1. The molecule has 0 amide bonds. The summed E-state index contributed by atoms with van der Waals surface area (Å²) in [5.41, 5.74) is 0. The predicted molar refractivity (Wildman–Crippen MR) is 62.9 cm³/mol. The van der Waals surface area contributed by atoms with Crippen molar-refractivity contribution in [1.29, 1.82) is 0 Å². The number of hydrogen-bond acceptors (Lipinski definition) is 4. The Bertz CT molecular complexity index is 251. The highest BCUT2D eigenvalue weighted by atomic mass is 32.2. The number of sulfone groups is 1. The second-order valence-electron chi connectivity index (χ2n) is 4.05. The molecule has 0 aliphatic heterocycles. The van der Waals surface area contributed by atoms with Crippen LogP contribution in [0, 0.1) is 0 Å². The third-order valence-electron chi connectivity index (χ3n) is 2.06. The first-order valence-electron chi connectivity index (χ1n) is 5.36. The average molecular weight is 237 g/mol. The highest BCUT2D eigenvalue weighted by molar-refractivity contribution is 7.90. The normalized spacial score (nSPS) is 16.3. The summed E-state index contributed by atoms with van der Waals surface area (Å²) in [5, 5.41) is 3.30. The smallest absolute Gasteiger partial charge is 0.147 e. The van der Waals surface area contributed by atoms with Gasteiger partial charge in [-0.15, -0.1) is 0 Å². The van der Waals surface area contributed by atoms with Gasteiger partial charge in [0.25, 0.3) is 0 Å². The van der Waals surface area contributed by atoms with Crippen molar-refractivity contribution in [2.24, 2.45) is 0 Å². The molecule has 0 aliphatic rings. The van der Waals surface area contributed by atoms with Crippen molar-refractivity contribution in [2.75, 3.05) is 25.2 Å². The molecule has 0 fully saturated rings. The summed E-state index contributed by atoms with van der Waals surface area (Å²) in [4.78, 5) is 0. The van der Waals surface area contributed by atoms with Crippen LogP contribution >= 0.6 is 0 Å². The van der Waals surface area contributed by atoms with E-state index in [1.807, 2.05) is 20.8 Å². The van der Waals surface area contributed by atoms with E-state index in [0.29, 0.717) is 19.6 Å². The number of rotatable bonds is 8. The van der Waals surface area contributed by atoms with Crippen LogP contribution in [0.4, 0.5) is 0 Å². The maximum atomic E-state index is 10.9. The van der Waals surface area contributed by atoms with Crippen LogP contribution in [0.2, 0.25) is 0 Å². The SMILES string of the molecule is CCOCC(C)NC(C)CCS(C)(=O)=O. The molecule has 0 heterocycles. The van der Waals surface area contributed by atoms with Crippen LogP contribution in [0.25, 0.3) is 0 Å². The molecule has 1 N–H and O–H groups in total. The van der Waals surface area contributed by atoms with E-state index < -0.39 is 9.84 Å². The summed E-state index contributed by atoms with van der Waals surface area (Å²) in [6.07, 6.45) is 1.92. The topological polar surface area (TPSA) is 55.4 Å². The van der Waals surface area contributed by atoms with E-state index in [9.17, 15) is 8.42 Å². The summed E-state index contributed by atoms with van der Waals surface area (Å²) in [5.74, 6) is 0.239. The van der Waals surface area contributed by atoms with Gasteiger partial charge in [-0.1, -0.05) is 0 Å². The van der Waals surface area contributed by atoms with Crippen LogP contribution in [0.3, 0.4) is 0 Å². The standard InChI is InChI=1S/C10H23NO3S/c1-5-14-8-10(3)11-9(2)6-7-15(4,12)13/h9-11H,5-8H2,1-4H3. The summed E-state index contributed by atoms with van der Waals surface area (Å²) < 4.78 is 27.1. The van der Waals surface area contributed by atoms with Gasteiger partial charge in [-0.2, -0.15) is 0 Å². The lowest BCUT2D eigenvalue weighted by molar-refractivity contribution is 0.124. The Hall–Kier alpha value is -0.130. The first-order chi connectivity index (χ1) is 6.85. The Kier molecular flexibility index (Phi) is 7.13. The Balaban J connectivity index is 3.68. The zero-order valence-electron chi connectivity index (χ0n) is 10.1. The van der Waals surface area contributed by atoms with Crippen molar-refractivity contribution >= 4 is 9.84 Å². The summed E-state index contributed by atoms with van der Waals surface area (Å²) in [6.45, 7) is 7.36. The van der Waals surface area contributed by atoms with E-state index in [2.05, 4.69) is 5.32 Å². The van der Waals surface area contributed by atoms with E-state index in [1.54, 1.807) is 0 Å². The Labute approximate surface area is 93.3 Å². The summed E-state index contributed by atoms with van der Waals surface area (Å²) in [7, 11) is -2.84. The van der Waals surface area contributed by atoms with E-state index in [1.165, 1.54) is 6.26 Å². The second kappa shape index (κ2) is 7.19. The van der Waals surface area contributed by atoms with Crippen LogP contribution in [0.5, 0.6) is 0 Å². The summed E-state index contributed by atoms with van der Waals surface area (Å²) >= 11 is 0.